The zero-order chi connectivity index (χ0) is 58.9. The number of thiophene rings is 1. The Balaban J connectivity index is 0.979. The van der Waals surface area contributed by atoms with Crippen molar-refractivity contribution in [3.8, 4) is 73.8 Å². The number of hydrogen-bond acceptors (Lipinski definition) is 4. The Hall–Kier alpha value is -9.61. The average Bonchev–Trinajstić information content (AvgIpc) is 1.67. The lowest BCUT2D eigenvalue weighted by Gasteiger charge is -2.34. The summed E-state index contributed by atoms with van der Waals surface area (Å²) in [5.41, 5.74) is 11.2. The molecule has 3 aromatic heterocycles. The highest BCUT2D eigenvalue weighted by Crippen LogP contribution is 2.46. The zero-order valence-corrected chi connectivity index (χ0v) is 43.2. The van der Waals surface area contributed by atoms with E-state index in [1.54, 1.807) is 23.5 Å². The van der Waals surface area contributed by atoms with E-state index < -0.39 is 24.8 Å². The van der Waals surface area contributed by atoms with Crippen LogP contribution in [0.1, 0.15) is 42.9 Å². The fourth-order valence-corrected chi connectivity index (χ4v) is 13.3. The Kier molecular flexibility index (Phi) is 7.96. The van der Waals surface area contributed by atoms with Crippen LogP contribution >= 0.6 is 11.3 Å². The van der Waals surface area contributed by atoms with Crippen LogP contribution in [0, 0.1) is 11.3 Å². The number of rotatable bonds is 5. The Labute approximate surface area is 466 Å². The first-order valence-electron chi connectivity index (χ1n) is 30.0. The van der Waals surface area contributed by atoms with Crippen molar-refractivity contribution >= 4 is 98.2 Å². The zero-order valence-electron chi connectivity index (χ0n) is 50.4. The van der Waals surface area contributed by atoms with Gasteiger partial charge in [-0.2, -0.15) is 5.26 Å². The van der Waals surface area contributed by atoms with E-state index in [4.69, 9.17) is 16.3 Å². The molecule has 0 amide bonds. The molecule has 0 aliphatic carbocycles. The number of para-hydroxylation sites is 2. The summed E-state index contributed by atoms with van der Waals surface area (Å²) < 4.78 is 94.3. The third-order valence-electron chi connectivity index (χ3n) is 15.9. The fourth-order valence-electron chi connectivity index (χ4n) is 12.3. The minimum atomic E-state index is -0.578. The van der Waals surface area contributed by atoms with Gasteiger partial charge >= 0.3 is 0 Å². The molecule has 5 nitrogen and oxygen atoms in total. The highest BCUT2D eigenvalue weighted by atomic mass is 32.1. The minimum absolute atomic E-state index is 0.0670. The molecule has 0 saturated heterocycles. The standard InChI is InChI=1S/C71H46BN3O2S/c1-71(2,3)47-28-31-61-54(38-47)53-34-42(41-73)24-30-60(53)74(61)48-39-65-70-66(40-48)77-64-37-46(25-29-56(64)72(70)57-36-44(26-32-63(57)76-65)43-14-5-4-6-15-43)69-49(45-27-33-68-55(35-45)52-18-9-12-23-67(52)78-68)19-13-22-62(69)75-58-20-10-7-16-50(58)51-17-8-11-21-59(51)75/h4-40H,1-3H3/i4D,5D,6D,13D,14D,15D,19D,22D. The van der Waals surface area contributed by atoms with Crippen LogP contribution < -0.4 is 25.9 Å². The molecule has 0 unspecified atom stereocenters. The smallest absolute Gasteiger partial charge is 0.260 e. The van der Waals surface area contributed by atoms with Gasteiger partial charge in [-0.3, -0.25) is 0 Å². The molecule has 366 valence electrons. The number of fused-ring (bicyclic) bond motifs is 13. The van der Waals surface area contributed by atoms with Gasteiger partial charge in [0.15, 0.2) is 0 Å². The molecule has 78 heavy (non-hydrogen) atoms. The molecule has 0 N–H and O–H groups in total. The maximum Gasteiger partial charge on any atom is 0.260 e. The van der Waals surface area contributed by atoms with Crippen molar-refractivity contribution in [2.75, 3.05) is 0 Å². The third-order valence-corrected chi connectivity index (χ3v) is 17.0. The van der Waals surface area contributed by atoms with Gasteiger partial charge in [0.25, 0.3) is 6.71 Å². The van der Waals surface area contributed by atoms with Crippen LogP contribution in [0.2, 0.25) is 0 Å². The van der Waals surface area contributed by atoms with E-state index >= 15 is 0 Å². The Morgan fingerprint density at radius 2 is 1.15 bits per heavy atom. The lowest BCUT2D eigenvalue weighted by Crippen LogP contribution is -2.57. The average molecular weight is 1020 g/mol. The van der Waals surface area contributed by atoms with Gasteiger partial charge in [-0.05, 0) is 129 Å². The van der Waals surface area contributed by atoms with E-state index in [1.165, 1.54) is 0 Å². The Morgan fingerprint density at radius 3 is 1.92 bits per heavy atom. The van der Waals surface area contributed by atoms with Gasteiger partial charge in [-0.15, -0.1) is 11.3 Å². The SMILES string of the molecule is [2H]c1c([2H])c([2H])c(-c2ccc3c(c2)B2c4ccc(-c5c(-c6ccc7sc8ccccc8c7c6)c([2H])c([2H])c([2H])c5-n5c6ccccc6c6ccccc65)cc4Oc4cc(-n5c6ccc(C#N)cc6c6cc(C(C)(C)C)ccc65)cc(c42)O3)c([2H])c1[2H]. The molecule has 11 aromatic carbocycles. The van der Waals surface area contributed by atoms with Crippen LogP contribution in [0.5, 0.6) is 23.0 Å². The monoisotopic (exact) mass is 1020 g/mol. The third kappa shape index (κ3) is 6.67. The molecule has 0 fully saturated rings. The van der Waals surface area contributed by atoms with Crippen LogP contribution in [-0.4, -0.2) is 15.8 Å². The second kappa shape index (κ2) is 16.7. The predicted molar refractivity (Wildman–Crippen MR) is 325 cm³/mol. The van der Waals surface area contributed by atoms with Crippen LogP contribution in [0.25, 0.3) is 109 Å². The van der Waals surface area contributed by atoms with Crippen molar-refractivity contribution in [2.45, 2.75) is 26.2 Å². The summed E-state index contributed by atoms with van der Waals surface area (Å²) in [6.45, 7) is 5.97. The van der Waals surface area contributed by atoms with Crippen molar-refractivity contribution in [3.63, 3.8) is 0 Å². The summed E-state index contributed by atoms with van der Waals surface area (Å²) in [6.07, 6.45) is 0. The quantitative estimate of drug-likeness (QED) is 0.161. The summed E-state index contributed by atoms with van der Waals surface area (Å²) in [5.74, 6) is 2.00. The summed E-state index contributed by atoms with van der Waals surface area (Å²) in [4.78, 5) is 0. The molecule has 0 bridgehead atoms. The number of nitrogens with zero attached hydrogens (tertiary/aromatic N) is 3. The molecule has 0 saturated carbocycles. The topological polar surface area (TPSA) is 52.1 Å². The number of hydrogen-bond donors (Lipinski definition) is 0. The first-order chi connectivity index (χ1) is 41.6. The van der Waals surface area contributed by atoms with E-state index in [0.717, 1.165) is 91.5 Å². The summed E-state index contributed by atoms with van der Waals surface area (Å²) >= 11 is 1.70. The lowest BCUT2D eigenvalue weighted by molar-refractivity contribution is 0.464. The van der Waals surface area contributed by atoms with Crippen molar-refractivity contribution in [1.29, 1.82) is 5.26 Å². The van der Waals surface area contributed by atoms with E-state index in [2.05, 4.69) is 90.6 Å². The highest BCUT2D eigenvalue weighted by Gasteiger charge is 2.41. The van der Waals surface area contributed by atoms with E-state index in [9.17, 15) is 9.37 Å². The highest BCUT2D eigenvalue weighted by molar-refractivity contribution is 7.25. The van der Waals surface area contributed by atoms with Crippen LogP contribution in [0.4, 0.5) is 0 Å². The van der Waals surface area contributed by atoms with E-state index in [1.807, 2.05) is 109 Å². The second-order valence-corrected chi connectivity index (χ2v) is 22.4. The maximum atomic E-state index is 10.2. The Bertz CT molecular complexity index is 5360. The molecule has 5 heterocycles. The first kappa shape index (κ1) is 37.2. The van der Waals surface area contributed by atoms with Gasteiger partial charge in [-0.25, -0.2) is 0 Å². The van der Waals surface area contributed by atoms with Gasteiger partial charge in [0.1, 0.15) is 23.0 Å². The second-order valence-electron chi connectivity index (χ2n) is 21.3. The fraction of sp³-hybridized carbons (Fsp3) is 0.0563. The van der Waals surface area contributed by atoms with Gasteiger partial charge in [0.05, 0.1) is 56.0 Å². The van der Waals surface area contributed by atoms with Gasteiger partial charge in [0, 0.05) is 64.9 Å². The molecule has 7 heteroatoms. The first-order valence-corrected chi connectivity index (χ1v) is 26.8. The summed E-state index contributed by atoms with van der Waals surface area (Å²) in [6, 6.07) is 58.3. The van der Waals surface area contributed by atoms with Crippen molar-refractivity contribution < 1.29 is 20.4 Å². The van der Waals surface area contributed by atoms with Crippen LogP contribution in [-0.2, 0) is 5.41 Å². The summed E-state index contributed by atoms with van der Waals surface area (Å²) in [7, 11) is 0. The number of ether oxygens (including phenoxy) is 2. The minimum Gasteiger partial charge on any atom is -0.458 e. The molecule has 16 rings (SSSR count). The van der Waals surface area contributed by atoms with Crippen LogP contribution in [0.3, 0.4) is 0 Å². The lowest BCUT2D eigenvalue weighted by atomic mass is 9.34. The molecule has 0 spiro atoms. The molecular weight excluding hydrogens is 970 g/mol. The molecule has 14 aromatic rings. The molecule has 2 aliphatic heterocycles. The number of nitriles is 1. The molecular formula is C71H46BN3O2S. The molecule has 0 radical (unpaired) electrons. The number of benzene rings is 11. The van der Waals surface area contributed by atoms with Gasteiger partial charge < -0.3 is 18.6 Å². The molecule has 0 atom stereocenters. The van der Waals surface area contributed by atoms with E-state index in [0.29, 0.717) is 62.0 Å². The van der Waals surface area contributed by atoms with Crippen molar-refractivity contribution in [1.82, 2.24) is 9.13 Å². The largest absolute Gasteiger partial charge is 0.458 e. The van der Waals surface area contributed by atoms with Crippen molar-refractivity contribution in [2.24, 2.45) is 0 Å². The van der Waals surface area contributed by atoms with Crippen molar-refractivity contribution in [3.05, 3.63) is 235 Å². The number of aromatic nitrogens is 2. The maximum absolute atomic E-state index is 10.2. The van der Waals surface area contributed by atoms with Gasteiger partial charge in [-0.1, -0.05) is 154 Å². The van der Waals surface area contributed by atoms with E-state index in [-0.39, 0.29) is 41.2 Å². The van der Waals surface area contributed by atoms with Gasteiger partial charge in [0.2, 0.25) is 0 Å². The summed E-state index contributed by atoms with van der Waals surface area (Å²) in [5, 5.41) is 16.1. The normalized spacial score (nSPS) is 14.2. The predicted octanol–water partition coefficient (Wildman–Crippen LogP) is 17.1. The van der Waals surface area contributed by atoms with Crippen LogP contribution in [0.15, 0.2) is 224 Å². The Morgan fingerprint density at radius 1 is 0.487 bits per heavy atom. The molecule has 2 aliphatic rings.